The molecule has 0 spiro atoms. The second kappa shape index (κ2) is 31.8. The van der Waals surface area contributed by atoms with Crippen molar-refractivity contribution in [3.8, 4) is 0 Å². The number of ether oxygens (including phenoxy) is 4. The van der Waals surface area contributed by atoms with Crippen molar-refractivity contribution < 1.29 is 57.3 Å². The minimum Gasteiger partial charge on any atom is -0.464 e. The lowest BCUT2D eigenvalue weighted by Crippen LogP contribution is -2.59. The molecule has 1 aliphatic rings. The number of hydrogen-bond acceptors (Lipinski definition) is 14. The van der Waals surface area contributed by atoms with E-state index in [-0.39, 0.29) is 80.7 Å². The van der Waals surface area contributed by atoms with Gasteiger partial charge in [0.2, 0.25) is 35.4 Å². The van der Waals surface area contributed by atoms with Gasteiger partial charge in [-0.05, 0) is 90.8 Å². The van der Waals surface area contributed by atoms with Crippen LogP contribution in [0.3, 0.4) is 0 Å². The van der Waals surface area contributed by atoms with Gasteiger partial charge in [0.25, 0.3) is 0 Å². The molecule has 1 aromatic rings. The van der Waals surface area contributed by atoms with Crippen LogP contribution in [0.25, 0.3) is 0 Å². The summed E-state index contributed by atoms with van der Waals surface area (Å²) in [6.45, 7) is 20.5. The number of carbonyl (C=O) groups excluding carboxylic acids is 8. The summed E-state index contributed by atoms with van der Waals surface area (Å²) >= 11 is 0. The number of likely N-dealkylation sites (tertiary alicyclic amines) is 1. The molecule has 11 atom stereocenters. The van der Waals surface area contributed by atoms with Gasteiger partial charge in [0.1, 0.15) is 29.8 Å². The zero-order chi connectivity index (χ0) is 56.9. The number of nitrogens with zero attached hydrogens (tertiary/aromatic N) is 3. The van der Waals surface area contributed by atoms with Gasteiger partial charge in [-0.25, -0.2) is 4.79 Å². The van der Waals surface area contributed by atoms with Crippen LogP contribution in [0.5, 0.6) is 0 Å². The van der Waals surface area contributed by atoms with Crippen LogP contribution >= 0.6 is 0 Å². The Morgan fingerprint density at radius 2 is 1.47 bits per heavy atom. The molecule has 426 valence electrons. The quantitative estimate of drug-likeness (QED) is 0.0528. The molecule has 1 fully saturated rings. The van der Waals surface area contributed by atoms with Crippen LogP contribution in [0, 0.1) is 23.7 Å². The highest BCUT2D eigenvalue weighted by molar-refractivity contribution is 5.91. The van der Waals surface area contributed by atoms with Gasteiger partial charge in [-0.3, -0.25) is 38.5 Å². The standard InChI is InChI=1S/C55H94N8O12/c1-17-35(6)47(62(14)52(69)45(33(2)3)60-51(68)46(34(4)5)61(12)13)42(72-15)32-44(65)63-29-21-25-41(63)48(73-16)36(7)49(66)59-40(31-38-23-19-18-20-24-38)50(67)57-28-22-30-74-53(70)37(8)58-43(64)27-26-39(56)54(71)75-55(9,10)11/h18-20,23-24,33-37,39-42,45-48H,17,21-22,25-32,56H2,1-16H3,(H,57,67)(H,58,64)(H,59,66)(H,60,68)/t35-,36+,37?,39?,40-,41-,42+,45?,46-,47-,48+/m0/s1. The van der Waals surface area contributed by atoms with Gasteiger partial charge < -0.3 is 55.7 Å². The highest BCUT2D eigenvalue weighted by Gasteiger charge is 2.44. The third-order valence-corrected chi connectivity index (χ3v) is 13.8. The number of methoxy groups -OCH3 is 2. The molecule has 2 rings (SSSR count). The maximum atomic E-state index is 14.5. The Balaban J connectivity index is 2.14. The Hall–Kier alpha value is -5.18. The Bertz CT molecular complexity index is 1990. The molecule has 1 heterocycles. The molecule has 20 heteroatoms. The zero-order valence-corrected chi connectivity index (χ0v) is 48.0. The second-order valence-corrected chi connectivity index (χ2v) is 22.0. The maximum absolute atomic E-state index is 14.5. The van der Waals surface area contributed by atoms with Crippen LogP contribution in [0.15, 0.2) is 30.3 Å². The van der Waals surface area contributed by atoms with Crippen LogP contribution in [0.2, 0.25) is 0 Å². The van der Waals surface area contributed by atoms with Crippen LogP contribution < -0.4 is 27.0 Å². The number of hydrogen-bond donors (Lipinski definition) is 5. The van der Waals surface area contributed by atoms with Gasteiger partial charge in [-0.1, -0.05) is 85.2 Å². The summed E-state index contributed by atoms with van der Waals surface area (Å²) < 4.78 is 22.7. The van der Waals surface area contributed by atoms with E-state index < -0.39 is 95.7 Å². The molecular formula is C55H94N8O12. The first-order chi connectivity index (χ1) is 35.1. The minimum atomic E-state index is -0.998. The van der Waals surface area contributed by atoms with Gasteiger partial charge in [0, 0.05) is 47.2 Å². The van der Waals surface area contributed by atoms with Crippen molar-refractivity contribution in [3.05, 3.63) is 35.9 Å². The summed E-state index contributed by atoms with van der Waals surface area (Å²) in [5, 5.41) is 11.3. The fourth-order valence-corrected chi connectivity index (χ4v) is 9.63. The Kier molecular flexibility index (Phi) is 27.9. The van der Waals surface area contributed by atoms with Crippen LogP contribution in [0.4, 0.5) is 0 Å². The predicted octanol–water partition coefficient (Wildman–Crippen LogP) is 3.36. The predicted molar refractivity (Wildman–Crippen MR) is 287 cm³/mol. The number of rotatable bonds is 31. The number of nitrogens with two attached hydrogens (primary N) is 1. The molecule has 0 radical (unpaired) electrons. The molecule has 0 aliphatic carbocycles. The van der Waals surface area contributed by atoms with Crippen molar-refractivity contribution in [2.24, 2.45) is 29.4 Å². The molecule has 1 aromatic carbocycles. The number of benzene rings is 1. The average molecular weight is 1060 g/mol. The summed E-state index contributed by atoms with van der Waals surface area (Å²) in [4.78, 5) is 113. The SMILES string of the molecule is CC[C@H](C)[C@@H]([C@@H](CC(=O)N1CCC[C@H]1[C@H](OC)[C@@H](C)C(=O)N[C@@H](Cc1ccccc1)C(=O)NCCCOC(=O)C(C)NC(=O)CCC(N)C(=O)OC(C)(C)C)OC)N(C)C(=O)C(NC(=O)[C@H](C(C)C)N(C)C)C(C)C. The molecular weight excluding hydrogens is 965 g/mol. The van der Waals surface area contributed by atoms with E-state index in [2.05, 4.69) is 21.3 Å². The monoisotopic (exact) mass is 1060 g/mol. The highest BCUT2D eigenvalue weighted by atomic mass is 16.6. The van der Waals surface area contributed by atoms with Gasteiger partial charge >= 0.3 is 11.9 Å². The summed E-state index contributed by atoms with van der Waals surface area (Å²) in [5.41, 5.74) is 5.96. The first-order valence-electron chi connectivity index (χ1n) is 26.7. The third-order valence-electron chi connectivity index (χ3n) is 13.8. The van der Waals surface area contributed by atoms with E-state index in [1.807, 2.05) is 90.9 Å². The number of amides is 6. The van der Waals surface area contributed by atoms with Crippen molar-refractivity contribution in [1.82, 2.24) is 36.0 Å². The number of carbonyl (C=O) groups is 8. The summed E-state index contributed by atoms with van der Waals surface area (Å²) in [6, 6.07) is 4.02. The smallest absolute Gasteiger partial charge is 0.328 e. The first-order valence-corrected chi connectivity index (χ1v) is 26.7. The van der Waals surface area contributed by atoms with Crippen LogP contribution in [0.1, 0.15) is 127 Å². The normalized spacial score (nSPS) is 17.9. The fraction of sp³-hybridized carbons (Fsp3) is 0.745. The van der Waals surface area contributed by atoms with Crippen molar-refractivity contribution in [2.45, 2.75) is 188 Å². The van der Waals surface area contributed by atoms with Crippen LogP contribution in [-0.2, 0) is 63.7 Å². The topological polar surface area (TPSA) is 257 Å². The Morgan fingerprint density at radius 1 is 0.827 bits per heavy atom. The van der Waals surface area contributed by atoms with Gasteiger partial charge in [-0.2, -0.15) is 0 Å². The Morgan fingerprint density at radius 3 is 2.01 bits per heavy atom. The van der Waals surface area contributed by atoms with E-state index in [1.165, 1.54) is 21.1 Å². The summed E-state index contributed by atoms with van der Waals surface area (Å²) in [6.07, 6.45) is 0.786. The van der Waals surface area contributed by atoms with E-state index in [0.717, 1.165) is 5.56 Å². The van der Waals surface area contributed by atoms with Crippen molar-refractivity contribution in [1.29, 1.82) is 0 Å². The number of nitrogens with one attached hydrogen (secondary N) is 4. The van der Waals surface area contributed by atoms with E-state index in [4.69, 9.17) is 24.7 Å². The molecule has 6 N–H and O–H groups in total. The third kappa shape index (κ3) is 21.0. The Labute approximate surface area is 447 Å². The van der Waals surface area contributed by atoms with E-state index in [1.54, 1.807) is 44.5 Å². The lowest BCUT2D eigenvalue weighted by atomic mass is 9.89. The lowest BCUT2D eigenvalue weighted by Gasteiger charge is -2.41. The zero-order valence-electron chi connectivity index (χ0n) is 48.0. The minimum absolute atomic E-state index is 0.00864. The molecule has 20 nitrogen and oxygen atoms in total. The largest absolute Gasteiger partial charge is 0.464 e. The molecule has 1 saturated heterocycles. The molecule has 0 bridgehead atoms. The fourth-order valence-electron chi connectivity index (χ4n) is 9.63. The van der Waals surface area contributed by atoms with E-state index in [0.29, 0.717) is 25.8 Å². The lowest BCUT2D eigenvalue weighted by molar-refractivity contribution is -0.157. The van der Waals surface area contributed by atoms with Crippen molar-refractivity contribution in [2.75, 3.05) is 55.1 Å². The highest BCUT2D eigenvalue weighted by Crippen LogP contribution is 2.30. The van der Waals surface area contributed by atoms with Gasteiger partial charge in [-0.15, -0.1) is 0 Å². The van der Waals surface area contributed by atoms with E-state index >= 15 is 0 Å². The van der Waals surface area contributed by atoms with Crippen molar-refractivity contribution >= 4 is 47.4 Å². The molecule has 6 amide bonds. The summed E-state index contributed by atoms with van der Waals surface area (Å²) in [7, 11) is 8.41. The molecule has 0 saturated carbocycles. The van der Waals surface area contributed by atoms with Gasteiger partial charge in [0.15, 0.2) is 0 Å². The number of likely N-dealkylation sites (N-methyl/N-ethyl adjacent to an activating group) is 2. The van der Waals surface area contributed by atoms with Gasteiger partial charge in [0.05, 0.1) is 49.3 Å². The van der Waals surface area contributed by atoms with Crippen molar-refractivity contribution in [3.63, 3.8) is 0 Å². The molecule has 75 heavy (non-hydrogen) atoms. The van der Waals surface area contributed by atoms with Crippen LogP contribution in [-0.4, -0.2) is 177 Å². The maximum Gasteiger partial charge on any atom is 0.328 e. The number of esters is 2. The second-order valence-electron chi connectivity index (χ2n) is 22.0. The first kappa shape index (κ1) is 65.9. The molecule has 0 aromatic heterocycles. The summed E-state index contributed by atoms with van der Waals surface area (Å²) in [5.74, 6) is -4.51. The van der Waals surface area contributed by atoms with E-state index in [9.17, 15) is 38.4 Å². The molecule has 3 unspecified atom stereocenters. The average Bonchev–Trinajstić information content (AvgIpc) is 3.83. The molecule has 1 aliphatic heterocycles.